The van der Waals surface area contributed by atoms with E-state index in [-0.39, 0.29) is 11.9 Å². The van der Waals surface area contributed by atoms with Crippen LogP contribution in [-0.2, 0) is 11.3 Å². The smallest absolute Gasteiger partial charge is 0.234 e. The van der Waals surface area contributed by atoms with Crippen LogP contribution in [0.4, 0.5) is 0 Å². The van der Waals surface area contributed by atoms with Crippen molar-refractivity contribution in [2.45, 2.75) is 26.4 Å². The molecule has 1 amide bonds. The van der Waals surface area contributed by atoms with Gasteiger partial charge in [0.2, 0.25) is 5.91 Å². The van der Waals surface area contributed by atoms with Crippen molar-refractivity contribution in [3.8, 4) is 5.75 Å². The molecule has 0 aliphatic carbocycles. The van der Waals surface area contributed by atoms with Crippen molar-refractivity contribution in [1.29, 1.82) is 0 Å². The Hall–Kier alpha value is -1.56. The zero-order chi connectivity index (χ0) is 17.5. The Bertz CT molecular complexity index is 675. The van der Waals surface area contributed by atoms with Crippen LogP contribution in [0.3, 0.4) is 0 Å². The number of nitrogens with one attached hydrogen (secondary N) is 1. The summed E-state index contributed by atoms with van der Waals surface area (Å²) in [5.41, 5.74) is 0.974. The summed E-state index contributed by atoms with van der Waals surface area (Å²) in [5, 5.41) is 3.04. The van der Waals surface area contributed by atoms with E-state index in [4.69, 9.17) is 16.3 Å². The molecule has 4 nitrogen and oxygen atoms in total. The standard InChI is InChI=1S/C18H23ClN2O2S/c1-4-21(11-14-9-10-17(19)24-14)12-18(22)20-13(2)15-7-5-6-8-16(15)23-3/h5-10,13H,4,11-12H2,1-3H3,(H,20,22). The van der Waals surface area contributed by atoms with Crippen molar-refractivity contribution in [3.63, 3.8) is 0 Å². The van der Waals surface area contributed by atoms with Crippen molar-refractivity contribution in [3.05, 3.63) is 51.2 Å². The summed E-state index contributed by atoms with van der Waals surface area (Å²) in [6.07, 6.45) is 0. The van der Waals surface area contributed by atoms with Gasteiger partial charge >= 0.3 is 0 Å². The fourth-order valence-electron chi connectivity index (χ4n) is 2.53. The Morgan fingerprint density at radius 2 is 2.08 bits per heavy atom. The molecule has 1 atom stereocenters. The quantitative estimate of drug-likeness (QED) is 0.764. The zero-order valence-corrected chi connectivity index (χ0v) is 15.8. The summed E-state index contributed by atoms with van der Waals surface area (Å²) < 4.78 is 6.13. The molecule has 0 aliphatic rings. The highest BCUT2D eigenvalue weighted by Crippen LogP contribution is 2.24. The first-order valence-corrected chi connectivity index (χ1v) is 9.11. The number of methoxy groups -OCH3 is 1. The Kier molecular flexibility index (Phi) is 7.09. The molecule has 0 saturated heterocycles. The maximum Gasteiger partial charge on any atom is 0.234 e. The molecule has 130 valence electrons. The van der Waals surface area contributed by atoms with Crippen LogP contribution >= 0.6 is 22.9 Å². The van der Waals surface area contributed by atoms with Gasteiger partial charge in [-0.05, 0) is 31.7 Å². The second-order valence-corrected chi connectivity index (χ2v) is 7.34. The molecule has 1 heterocycles. The molecule has 6 heteroatoms. The van der Waals surface area contributed by atoms with Gasteiger partial charge in [-0.2, -0.15) is 0 Å². The van der Waals surface area contributed by atoms with Crippen molar-refractivity contribution in [1.82, 2.24) is 10.2 Å². The maximum atomic E-state index is 12.4. The van der Waals surface area contributed by atoms with E-state index in [0.717, 1.165) is 33.6 Å². The van der Waals surface area contributed by atoms with E-state index in [1.54, 1.807) is 18.4 Å². The lowest BCUT2D eigenvalue weighted by molar-refractivity contribution is -0.123. The van der Waals surface area contributed by atoms with E-state index in [2.05, 4.69) is 10.2 Å². The molecule has 1 aromatic heterocycles. The molecular formula is C18H23ClN2O2S. The number of thiophene rings is 1. The van der Waals surface area contributed by atoms with Crippen LogP contribution in [0.15, 0.2) is 36.4 Å². The zero-order valence-electron chi connectivity index (χ0n) is 14.2. The lowest BCUT2D eigenvalue weighted by atomic mass is 10.1. The number of ether oxygens (including phenoxy) is 1. The second-order valence-electron chi connectivity index (χ2n) is 5.54. The molecule has 0 bridgehead atoms. The highest BCUT2D eigenvalue weighted by molar-refractivity contribution is 7.16. The Balaban J connectivity index is 1.93. The summed E-state index contributed by atoms with van der Waals surface area (Å²) in [4.78, 5) is 15.6. The Labute approximate surface area is 152 Å². The van der Waals surface area contributed by atoms with Gasteiger partial charge in [-0.3, -0.25) is 9.69 Å². The normalized spacial score (nSPS) is 12.2. The maximum absolute atomic E-state index is 12.4. The Morgan fingerprint density at radius 3 is 2.71 bits per heavy atom. The average Bonchev–Trinajstić information content (AvgIpc) is 2.98. The first-order valence-electron chi connectivity index (χ1n) is 7.92. The number of likely N-dealkylation sites (N-methyl/N-ethyl adjacent to an activating group) is 1. The lowest BCUT2D eigenvalue weighted by Crippen LogP contribution is -2.37. The molecule has 0 aliphatic heterocycles. The molecule has 0 spiro atoms. The number of hydrogen-bond donors (Lipinski definition) is 1. The molecule has 1 aromatic carbocycles. The number of hydrogen-bond acceptors (Lipinski definition) is 4. The van der Waals surface area contributed by atoms with E-state index in [1.165, 1.54) is 0 Å². The van der Waals surface area contributed by atoms with Gasteiger partial charge in [0.25, 0.3) is 0 Å². The van der Waals surface area contributed by atoms with Gasteiger partial charge in [0, 0.05) is 17.0 Å². The molecule has 1 unspecified atom stereocenters. The lowest BCUT2D eigenvalue weighted by Gasteiger charge is -2.22. The van der Waals surface area contributed by atoms with E-state index in [9.17, 15) is 4.79 Å². The first kappa shape index (κ1) is 18.8. The van der Waals surface area contributed by atoms with Crippen molar-refractivity contribution >= 4 is 28.8 Å². The summed E-state index contributed by atoms with van der Waals surface area (Å²) in [6, 6.07) is 11.5. The highest BCUT2D eigenvalue weighted by atomic mass is 35.5. The number of halogens is 1. The van der Waals surface area contributed by atoms with Crippen LogP contribution in [0, 0.1) is 0 Å². The number of benzene rings is 1. The van der Waals surface area contributed by atoms with Gasteiger partial charge in [0.05, 0.1) is 24.0 Å². The number of rotatable bonds is 8. The van der Waals surface area contributed by atoms with Gasteiger partial charge in [0.1, 0.15) is 5.75 Å². The minimum absolute atomic E-state index is 0.00194. The fourth-order valence-corrected chi connectivity index (χ4v) is 3.66. The minimum atomic E-state index is -0.108. The molecule has 2 aromatic rings. The molecule has 1 N–H and O–H groups in total. The third kappa shape index (κ3) is 5.23. The number of nitrogens with zero attached hydrogens (tertiary/aromatic N) is 1. The average molecular weight is 367 g/mol. The summed E-state index contributed by atoms with van der Waals surface area (Å²) in [6.45, 7) is 5.89. The van der Waals surface area contributed by atoms with E-state index in [0.29, 0.717) is 6.54 Å². The molecule has 0 saturated carbocycles. The van der Waals surface area contributed by atoms with Gasteiger partial charge < -0.3 is 10.1 Å². The van der Waals surface area contributed by atoms with Gasteiger partial charge in [-0.1, -0.05) is 36.7 Å². The molecular weight excluding hydrogens is 344 g/mol. The van der Waals surface area contributed by atoms with E-state index >= 15 is 0 Å². The fraction of sp³-hybridized carbons (Fsp3) is 0.389. The topological polar surface area (TPSA) is 41.6 Å². The van der Waals surface area contributed by atoms with Crippen molar-refractivity contribution < 1.29 is 9.53 Å². The number of para-hydroxylation sites is 1. The SMILES string of the molecule is CCN(CC(=O)NC(C)c1ccccc1OC)Cc1ccc(Cl)s1. The van der Waals surface area contributed by atoms with Crippen molar-refractivity contribution in [2.75, 3.05) is 20.2 Å². The first-order chi connectivity index (χ1) is 11.5. The highest BCUT2D eigenvalue weighted by Gasteiger charge is 2.16. The minimum Gasteiger partial charge on any atom is -0.496 e. The Morgan fingerprint density at radius 1 is 1.33 bits per heavy atom. The second kappa shape index (κ2) is 9.06. The monoisotopic (exact) mass is 366 g/mol. The van der Waals surface area contributed by atoms with Gasteiger partial charge in [-0.15, -0.1) is 11.3 Å². The predicted molar refractivity (Wildman–Crippen MR) is 99.8 cm³/mol. The number of carbonyl (C=O) groups is 1. The number of amides is 1. The summed E-state index contributed by atoms with van der Waals surface area (Å²) in [5.74, 6) is 0.781. The van der Waals surface area contributed by atoms with Crippen LogP contribution in [0.5, 0.6) is 5.75 Å². The van der Waals surface area contributed by atoms with Crippen molar-refractivity contribution in [2.24, 2.45) is 0 Å². The predicted octanol–water partition coefficient (Wildman–Crippen LogP) is 4.11. The molecule has 0 radical (unpaired) electrons. The number of carbonyl (C=O) groups excluding carboxylic acids is 1. The third-order valence-electron chi connectivity index (χ3n) is 3.81. The van der Waals surface area contributed by atoms with Crippen LogP contribution < -0.4 is 10.1 Å². The van der Waals surface area contributed by atoms with Gasteiger partial charge in [-0.25, -0.2) is 0 Å². The van der Waals surface area contributed by atoms with Crippen LogP contribution in [0.2, 0.25) is 4.34 Å². The summed E-state index contributed by atoms with van der Waals surface area (Å²) in [7, 11) is 1.64. The van der Waals surface area contributed by atoms with Gasteiger partial charge in [0.15, 0.2) is 0 Å². The van der Waals surface area contributed by atoms with E-state index < -0.39 is 0 Å². The molecule has 0 fully saturated rings. The van der Waals surface area contributed by atoms with Crippen LogP contribution in [-0.4, -0.2) is 31.0 Å². The third-order valence-corrected chi connectivity index (χ3v) is 5.02. The summed E-state index contributed by atoms with van der Waals surface area (Å²) >= 11 is 7.52. The van der Waals surface area contributed by atoms with E-state index in [1.807, 2.05) is 50.2 Å². The van der Waals surface area contributed by atoms with Crippen LogP contribution in [0.1, 0.15) is 30.3 Å². The largest absolute Gasteiger partial charge is 0.496 e. The molecule has 24 heavy (non-hydrogen) atoms. The molecule has 2 rings (SSSR count). The van der Waals surface area contributed by atoms with Crippen LogP contribution in [0.25, 0.3) is 0 Å².